The lowest BCUT2D eigenvalue weighted by Gasteiger charge is -2.21. The lowest BCUT2D eigenvalue weighted by molar-refractivity contribution is 0.224. The van der Waals surface area contributed by atoms with Gasteiger partial charge in [-0.2, -0.15) is 0 Å². The molecular formula is C19H33ClN4O. The Morgan fingerprint density at radius 1 is 1.16 bits per heavy atom. The fourth-order valence-corrected chi connectivity index (χ4v) is 2.33. The monoisotopic (exact) mass is 368 g/mol. The Labute approximate surface area is 157 Å². The maximum absolute atomic E-state index is 5.88. The van der Waals surface area contributed by atoms with Crippen LogP contribution in [-0.2, 0) is 0 Å². The van der Waals surface area contributed by atoms with Crippen LogP contribution in [0.15, 0.2) is 29.3 Å². The van der Waals surface area contributed by atoms with Crippen molar-refractivity contribution in [2.75, 3.05) is 33.7 Å². The molecule has 0 saturated heterocycles. The molecule has 1 aromatic carbocycles. The number of halogens is 1. The first-order valence-electron chi connectivity index (χ1n) is 8.99. The lowest BCUT2D eigenvalue weighted by atomic mass is 10.2. The van der Waals surface area contributed by atoms with Crippen LogP contribution in [0.3, 0.4) is 0 Å². The van der Waals surface area contributed by atoms with Gasteiger partial charge in [0.15, 0.2) is 5.96 Å². The van der Waals surface area contributed by atoms with Crippen molar-refractivity contribution in [2.45, 2.75) is 45.8 Å². The fraction of sp³-hybridized carbons (Fsp3) is 0.632. The van der Waals surface area contributed by atoms with E-state index in [9.17, 15) is 0 Å². The third-order valence-electron chi connectivity index (χ3n) is 4.04. The summed E-state index contributed by atoms with van der Waals surface area (Å²) in [5.74, 6) is 1.62. The first kappa shape index (κ1) is 21.6. The van der Waals surface area contributed by atoms with E-state index in [1.807, 2.05) is 31.2 Å². The topological polar surface area (TPSA) is 48.9 Å². The third-order valence-corrected chi connectivity index (χ3v) is 4.30. The molecule has 0 aromatic heterocycles. The number of guanidine groups is 1. The Balaban J connectivity index is 2.19. The molecule has 1 unspecified atom stereocenters. The third kappa shape index (κ3) is 9.56. The zero-order valence-electron chi connectivity index (χ0n) is 16.2. The van der Waals surface area contributed by atoms with Crippen LogP contribution in [0.1, 0.15) is 33.6 Å². The average Bonchev–Trinajstić information content (AvgIpc) is 2.59. The summed E-state index contributed by atoms with van der Waals surface area (Å²) in [5.41, 5.74) is 0. The number of benzene rings is 1. The van der Waals surface area contributed by atoms with Gasteiger partial charge in [-0.1, -0.05) is 11.6 Å². The molecule has 2 N–H and O–H groups in total. The fourth-order valence-electron chi connectivity index (χ4n) is 2.20. The van der Waals surface area contributed by atoms with Gasteiger partial charge in [-0.25, -0.2) is 0 Å². The number of hydrogen-bond donors (Lipinski definition) is 2. The second kappa shape index (κ2) is 12.0. The standard InChI is InChI=1S/C19H33ClN4O/c1-15(2)24(5)13-7-6-12-22-19(21-4)23-14-16(3)25-18-10-8-17(20)9-11-18/h8-11,15-16H,6-7,12-14H2,1-5H3,(H2,21,22,23). The van der Waals surface area contributed by atoms with Crippen molar-refractivity contribution in [3.63, 3.8) is 0 Å². The van der Waals surface area contributed by atoms with Gasteiger partial charge < -0.3 is 20.3 Å². The Morgan fingerprint density at radius 3 is 2.44 bits per heavy atom. The molecule has 0 aliphatic heterocycles. The Bertz CT molecular complexity index is 505. The predicted octanol–water partition coefficient (Wildman–Crippen LogP) is 3.39. The van der Waals surface area contributed by atoms with E-state index in [0.717, 1.165) is 31.2 Å². The zero-order chi connectivity index (χ0) is 18.7. The van der Waals surface area contributed by atoms with Crippen LogP contribution < -0.4 is 15.4 Å². The molecule has 0 spiro atoms. The van der Waals surface area contributed by atoms with E-state index in [4.69, 9.17) is 16.3 Å². The van der Waals surface area contributed by atoms with E-state index in [1.165, 1.54) is 6.42 Å². The quantitative estimate of drug-likeness (QED) is 0.377. The lowest BCUT2D eigenvalue weighted by Crippen LogP contribution is -2.42. The summed E-state index contributed by atoms with van der Waals surface area (Å²) in [7, 11) is 3.95. The number of nitrogens with one attached hydrogen (secondary N) is 2. The minimum Gasteiger partial charge on any atom is -0.489 e. The van der Waals surface area contributed by atoms with Gasteiger partial charge in [-0.15, -0.1) is 0 Å². The molecule has 5 nitrogen and oxygen atoms in total. The van der Waals surface area contributed by atoms with Gasteiger partial charge in [-0.3, -0.25) is 4.99 Å². The highest BCUT2D eigenvalue weighted by Gasteiger charge is 2.06. The van der Waals surface area contributed by atoms with Gasteiger partial charge in [0.25, 0.3) is 0 Å². The van der Waals surface area contributed by atoms with Crippen molar-refractivity contribution in [1.82, 2.24) is 15.5 Å². The second-order valence-corrected chi connectivity index (χ2v) is 6.98. The van der Waals surface area contributed by atoms with Crippen molar-refractivity contribution >= 4 is 17.6 Å². The smallest absolute Gasteiger partial charge is 0.191 e. The summed E-state index contributed by atoms with van der Waals surface area (Å²) < 4.78 is 5.85. The molecule has 0 aliphatic rings. The number of nitrogens with zero attached hydrogens (tertiary/aromatic N) is 2. The Kier molecular flexibility index (Phi) is 10.3. The van der Waals surface area contributed by atoms with E-state index >= 15 is 0 Å². The van der Waals surface area contributed by atoms with Crippen LogP contribution in [0.5, 0.6) is 5.75 Å². The van der Waals surface area contributed by atoms with E-state index in [2.05, 4.69) is 41.4 Å². The van der Waals surface area contributed by atoms with Gasteiger partial charge in [-0.05, 0) is 71.5 Å². The highest BCUT2D eigenvalue weighted by molar-refractivity contribution is 6.30. The Hall–Kier alpha value is -1.46. The molecule has 1 rings (SSSR count). The van der Waals surface area contributed by atoms with Crippen LogP contribution >= 0.6 is 11.6 Å². The first-order valence-corrected chi connectivity index (χ1v) is 9.37. The normalized spacial score (nSPS) is 13.2. The maximum atomic E-state index is 5.88. The highest BCUT2D eigenvalue weighted by atomic mass is 35.5. The van der Waals surface area contributed by atoms with Crippen molar-refractivity contribution < 1.29 is 4.74 Å². The van der Waals surface area contributed by atoms with E-state index in [-0.39, 0.29) is 6.10 Å². The molecule has 6 heteroatoms. The van der Waals surface area contributed by atoms with Crippen molar-refractivity contribution in [3.8, 4) is 5.75 Å². The van der Waals surface area contributed by atoms with Crippen LogP contribution in [0.4, 0.5) is 0 Å². The van der Waals surface area contributed by atoms with Crippen LogP contribution in [0.25, 0.3) is 0 Å². The Morgan fingerprint density at radius 2 is 1.84 bits per heavy atom. The number of aliphatic imine (C=N–C) groups is 1. The summed E-state index contributed by atoms with van der Waals surface area (Å²) in [6, 6.07) is 8.01. The molecule has 1 aromatic rings. The molecular weight excluding hydrogens is 336 g/mol. The second-order valence-electron chi connectivity index (χ2n) is 6.54. The summed E-state index contributed by atoms with van der Waals surface area (Å²) in [4.78, 5) is 6.61. The van der Waals surface area contributed by atoms with Gasteiger partial charge in [0.05, 0.1) is 6.54 Å². The van der Waals surface area contributed by atoms with Gasteiger partial charge in [0, 0.05) is 24.7 Å². The molecule has 0 fully saturated rings. The van der Waals surface area contributed by atoms with Crippen molar-refractivity contribution in [1.29, 1.82) is 0 Å². The van der Waals surface area contributed by atoms with Crippen LogP contribution in [-0.4, -0.2) is 56.7 Å². The van der Waals surface area contributed by atoms with Gasteiger partial charge >= 0.3 is 0 Å². The molecule has 0 heterocycles. The van der Waals surface area contributed by atoms with E-state index in [1.54, 1.807) is 7.05 Å². The first-order chi connectivity index (χ1) is 11.9. The molecule has 0 saturated carbocycles. The zero-order valence-corrected chi connectivity index (χ0v) is 16.9. The summed E-state index contributed by atoms with van der Waals surface area (Å²) >= 11 is 5.88. The van der Waals surface area contributed by atoms with Gasteiger partial charge in [0.2, 0.25) is 0 Å². The maximum Gasteiger partial charge on any atom is 0.191 e. The van der Waals surface area contributed by atoms with E-state index in [0.29, 0.717) is 17.6 Å². The molecule has 142 valence electrons. The molecule has 0 aliphatic carbocycles. The minimum absolute atomic E-state index is 0.0272. The van der Waals surface area contributed by atoms with Crippen LogP contribution in [0, 0.1) is 0 Å². The van der Waals surface area contributed by atoms with Crippen molar-refractivity contribution in [3.05, 3.63) is 29.3 Å². The van der Waals surface area contributed by atoms with Gasteiger partial charge in [0.1, 0.15) is 11.9 Å². The number of rotatable bonds is 10. The molecule has 0 bridgehead atoms. The number of unbranched alkanes of at least 4 members (excludes halogenated alkanes) is 1. The largest absolute Gasteiger partial charge is 0.489 e. The average molecular weight is 369 g/mol. The number of hydrogen-bond acceptors (Lipinski definition) is 3. The van der Waals surface area contributed by atoms with Crippen molar-refractivity contribution in [2.24, 2.45) is 4.99 Å². The van der Waals surface area contributed by atoms with Crippen LogP contribution in [0.2, 0.25) is 5.02 Å². The summed E-state index contributed by atoms with van der Waals surface area (Å²) in [6.07, 6.45) is 2.32. The molecule has 0 radical (unpaired) electrons. The number of ether oxygens (including phenoxy) is 1. The SMILES string of the molecule is CN=C(NCCCCN(C)C(C)C)NCC(C)Oc1ccc(Cl)cc1. The van der Waals surface area contributed by atoms with E-state index < -0.39 is 0 Å². The predicted molar refractivity (Wildman–Crippen MR) is 108 cm³/mol. The highest BCUT2D eigenvalue weighted by Crippen LogP contribution is 2.16. The molecule has 1 atom stereocenters. The molecule has 0 amide bonds. The molecule has 25 heavy (non-hydrogen) atoms. The summed E-state index contributed by atoms with van der Waals surface area (Å²) in [5, 5.41) is 7.35. The minimum atomic E-state index is 0.0272. The summed E-state index contributed by atoms with van der Waals surface area (Å²) in [6.45, 7) is 9.18.